The van der Waals surface area contributed by atoms with E-state index in [9.17, 15) is 22.0 Å². The molecule has 1 saturated heterocycles. The summed E-state index contributed by atoms with van der Waals surface area (Å²) in [6.07, 6.45) is 3.29. The first-order valence-electron chi connectivity index (χ1n) is 12.7. The number of hydrogen-bond donors (Lipinski definition) is 0. The number of rotatable bonds is 9. The summed E-state index contributed by atoms with van der Waals surface area (Å²) in [5.41, 5.74) is 1.64. The number of unbranched alkanes of at least 4 members (excludes halogenated alkanes) is 2. The molecule has 0 radical (unpaired) electrons. The van der Waals surface area contributed by atoms with E-state index in [0.717, 1.165) is 43.1 Å². The van der Waals surface area contributed by atoms with Gasteiger partial charge in [0.15, 0.2) is 17.5 Å². The quantitative estimate of drug-likeness (QED) is 0.160. The monoisotopic (exact) mass is 518 g/mol. The van der Waals surface area contributed by atoms with Crippen LogP contribution in [0, 0.1) is 30.3 Å². The van der Waals surface area contributed by atoms with Crippen molar-refractivity contribution in [1.82, 2.24) is 0 Å². The van der Waals surface area contributed by atoms with Gasteiger partial charge in [-0.1, -0.05) is 62.6 Å². The summed E-state index contributed by atoms with van der Waals surface area (Å²) in [6.45, 7) is 4.03. The van der Waals surface area contributed by atoms with Crippen LogP contribution in [0.25, 0.3) is 11.1 Å². The van der Waals surface area contributed by atoms with E-state index < -0.39 is 40.4 Å². The van der Waals surface area contributed by atoms with E-state index in [0.29, 0.717) is 12.0 Å². The smallest absolute Gasteiger partial charge is 0.426 e. The van der Waals surface area contributed by atoms with Gasteiger partial charge < -0.3 is 9.47 Å². The summed E-state index contributed by atoms with van der Waals surface area (Å²) in [6, 6.07) is 13.7. The summed E-state index contributed by atoms with van der Waals surface area (Å²) >= 11 is 0. The topological polar surface area (TPSA) is 18.5 Å². The molecule has 37 heavy (non-hydrogen) atoms. The molecule has 7 heteroatoms. The van der Waals surface area contributed by atoms with E-state index >= 15 is 0 Å². The summed E-state index contributed by atoms with van der Waals surface area (Å²) in [7, 11) is 0. The average Bonchev–Trinajstić information content (AvgIpc) is 2.91. The first-order chi connectivity index (χ1) is 17.7. The lowest BCUT2D eigenvalue weighted by Gasteiger charge is -2.29. The maximum absolute atomic E-state index is 14.7. The van der Waals surface area contributed by atoms with Gasteiger partial charge in [0.1, 0.15) is 5.75 Å². The van der Waals surface area contributed by atoms with Gasteiger partial charge in [-0.15, -0.1) is 0 Å². The summed E-state index contributed by atoms with van der Waals surface area (Å²) in [4.78, 5) is 0. The van der Waals surface area contributed by atoms with Gasteiger partial charge in [0, 0.05) is 11.6 Å². The molecule has 0 aromatic heterocycles. The van der Waals surface area contributed by atoms with Crippen LogP contribution in [-0.2, 0) is 10.8 Å². The fourth-order valence-corrected chi connectivity index (χ4v) is 4.69. The molecule has 1 aliphatic rings. The second-order valence-electron chi connectivity index (χ2n) is 9.69. The second-order valence-corrected chi connectivity index (χ2v) is 9.69. The third-order valence-corrected chi connectivity index (χ3v) is 7.02. The standard InChI is InChI=1S/C30H31F5O2/c1-3-4-5-6-20-7-16-26(36-18-20)23-10-8-21(9-11-23)22-12-14-24(15-13-22)30(34,35)37-27-17-25(31)29(33)28(32)19(27)2/h8-15,17,20,26H,3-7,16,18H2,1-2H3. The number of benzene rings is 3. The van der Waals surface area contributed by atoms with Crippen LogP contribution in [0.5, 0.6) is 5.75 Å². The highest BCUT2D eigenvalue weighted by atomic mass is 19.3. The molecule has 0 N–H and O–H groups in total. The fourth-order valence-electron chi connectivity index (χ4n) is 4.69. The summed E-state index contributed by atoms with van der Waals surface area (Å²) < 4.78 is 80.7. The Balaban J connectivity index is 1.40. The molecule has 2 atom stereocenters. The highest BCUT2D eigenvalue weighted by Crippen LogP contribution is 2.37. The molecule has 198 valence electrons. The lowest BCUT2D eigenvalue weighted by molar-refractivity contribution is -0.186. The maximum Gasteiger partial charge on any atom is 0.426 e. The zero-order chi connectivity index (χ0) is 26.6. The molecule has 1 heterocycles. The molecule has 4 rings (SSSR count). The molecule has 1 fully saturated rings. The van der Waals surface area contributed by atoms with Gasteiger partial charge in [-0.25, -0.2) is 13.2 Å². The minimum atomic E-state index is -3.88. The Labute approximate surface area is 214 Å². The second kappa shape index (κ2) is 11.6. The van der Waals surface area contributed by atoms with Crippen LogP contribution in [0.4, 0.5) is 22.0 Å². The molecule has 3 aromatic rings. The first-order valence-corrected chi connectivity index (χ1v) is 12.7. The van der Waals surface area contributed by atoms with E-state index in [4.69, 9.17) is 4.74 Å². The van der Waals surface area contributed by atoms with Crippen molar-refractivity contribution in [3.8, 4) is 16.9 Å². The number of halogens is 5. The summed E-state index contributed by atoms with van der Waals surface area (Å²) in [5, 5.41) is 0. The van der Waals surface area contributed by atoms with Crippen molar-refractivity contribution in [2.24, 2.45) is 5.92 Å². The van der Waals surface area contributed by atoms with Gasteiger partial charge in [-0.3, -0.25) is 0 Å². The zero-order valence-corrected chi connectivity index (χ0v) is 21.0. The fraction of sp³-hybridized carbons (Fsp3) is 0.400. The highest BCUT2D eigenvalue weighted by molar-refractivity contribution is 5.64. The SMILES string of the molecule is CCCCCC1CCC(c2ccc(-c3ccc(C(F)(F)Oc4cc(F)c(F)c(F)c4C)cc3)cc2)OC1. The van der Waals surface area contributed by atoms with Gasteiger partial charge in [0.25, 0.3) is 0 Å². The van der Waals surface area contributed by atoms with E-state index in [-0.39, 0.29) is 6.10 Å². The Morgan fingerprint density at radius 3 is 2.14 bits per heavy atom. The van der Waals surface area contributed by atoms with E-state index in [2.05, 4.69) is 11.7 Å². The predicted molar refractivity (Wildman–Crippen MR) is 133 cm³/mol. The molecule has 0 amide bonds. The van der Waals surface area contributed by atoms with Crippen molar-refractivity contribution >= 4 is 0 Å². The van der Waals surface area contributed by atoms with Crippen LogP contribution < -0.4 is 4.74 Å². The minimum absolute atomic E-state index is 0.0688. The minimum Gasteiger partial charge on any atom is -0.428 e. The van der Waals surface area contributed by atoms with Crippen molar-refractivity contribution in [3.63, 3.8) is 0 Å². The molecule has 2 unspecified atom stereocenters. The maximum atomic E-state index is 14.7. The van der Waals surface area contributed by atoms with Crippen LogP contribution in [0.2, 0.25) is 0 Å². The number of hydrogen-bond acceptors (Lipinski definition) is 2. The Morgan fingerprint density at radius 1 is 0.892 bits per heavy atom. The van der Waals surface area contributed by atoms with Crippen molar-refractivity contribution in [3.05, 3.63) is 88.7 Å². The van der Waals surface area contributed by atoms with Gasteiger partial charge in [0.05, 0.1) is 18.3 Å². The molecular formula is C30H31F5O2. The molecule has 0 bridgehead atoms. The van der Waals surface area contributed by atoms with Gasteiger partial charge in [0.2, 0.25) is 0 Å². The van der Waals surface area contributed by atoms with Crippen molar-refractivity contribution in [1.29, 1.82) is 0 Å². The largest absolute Gasteiger partial charge is 0.428 e. The van der Waals surface area contributed by atoms with E-state index in [1.54, 1.807) is 0 Å². The molecular weight excluding hydrogens is 487 g/mol. The first kappa shape index (κ1) is 27.1. The highest BCUT2D eigenvalue weighted by Gasteiger charge is 2.36. The van der Waals surface area contributed by atoms with Crippen molar-refractivity contribution in [2.75, 3.05) is 6.61 Å². The summed E-state index contributed by atoms with van der Waals surface area (Å²) in [5.74, 6) is -5.02. The number of alkyl halides is 2. The van der Waals surface area contributed by atoms with Crippen molar-refractivity contribution in [2.45, 2.75) is 64.6 Å². The van der Waals surface area contributed by atoms with Crippen LogP contribution in [0.3, 0.4) is 0 Å². The third kappa shape index (κ3) is 6.32. The van der Waals surface area contributed by atoms with Crippen LogP contribution in [0.15, 0.2) is 54.6 Å². The molecule has 1 aliphatic heterocycles. The zero-order valence-electron chi connectivity index (χ0n) is 21.0. The third-order valence-electron chi connectivity index (χ3n) is 7.02. The van der Waals surface area contributed by atoms with Crippen LogP contribution in [0.1, 0.15) is 68.2 Å². The normalized spacial score (nSPS) is 18.1. The van der Waals surface area contributed by atoms with E-state index in [1.165, 1.54) is 49.9 Å². The average molecular weight is 519 g/mol. The lowest BCUT2D eigenvalue weighted by Crippen LogP contribution is -2.22. The molecule has 0 spiro atoms. The Morgan fingerprint density at radius 2 is 1.54 bits per heavy atom. The Bertz CT molecular complexity index is 1180. The van der Waals surface area contributed by atoms with E-state index in [1.807, 2.05) is 24.3 Å². The Kier molecular flexibility index (Phi) is 8.53. The van der Waals surface area contributed by atoms with Gasteiger partial charge in [-0.05, 0) is 60.9 Å². The van der Waals surface area contributed by atoms with Gasteiger partial charge in [-0.2, -0.15) is 8.78 Å². The number of ether oxygens (including phenoxy) is 2. The van der Waals surface area contributed by atoms with Crippen LogP contribution >= 0.6 is 0 Å². The lowest BCUT2D eigenvalue weighted by atomic mass is 9.90. The molecule has 2 nitrogen and oxygen atoms in total. The Hall–Kier alpha value is -2.93. The van der Waals surface area contributed by atoms with Crippen molar-refractivity contribution < 1.29 is 31.4 Å². The molecule has 0 aliphatic carbocycles. The van der Waals surface area contributed by atoms with Crippen LogP contribution in [-0.4, -0.2) is 6.61 Å². The molecule has 3 aromatic carbocycles. The predicted octanol–water partition coefficient (Wildman–Crippen LogP) is 9.26. The van der Waals surface area contributed by atoms with Gasteiger partial charge >= 0.3 is 6.11 Å². The molecule has 0 saturated carbocycles.